The highest BCUT2D eigenvalue weighted by Crippen LogP contribution is 2.29. The topological polar surface area (TPSA) is 128 Å². The maximum Gasteiger partial charge on any atom is 0.471 e. The summed E-state index contributed by atoms with van der Waals surface area (Å²) >= 11 is 0. The van der Waals surface area contributed by atoms with Crippen molar-refractivity contribution < 1.29 is 31.2 Å². The number of rotatable bonds is 3. The van der Waals surface area contributed by atoms with E-state index >= 15 is 0 Å². The molecule has 0 spiro atoms. The van der Waals surface area contributed by atoms with Crippen LogP contribution in [0.5, 0.6) is 0 Å². The van der Waals surface area contributed by atoms with Gasteiger partial charge in [0.25, 0.3) is 0 Å². The molecule has 1 saturated heterocycles. The van der Waals surface area contributed by atoms with Crippen LogP contribution in [-0.4, -0.2) is 88.9 Å². The van der Waals surface area contributed by atoms with Crippen LogP contribution < -0.4 is 10.6 Å². The maximum absolute atomic E-state index is 13.8. The highest BCUT2D eigenvalue weighted by Gasteiger charge is 2.43. The lowest BCUT2D eigenvalue weighted by Crippen LogP contribution is -2.62. The standard InChI is InChI=1S/C29H32F3N7O4S/c1-17(2)25-27(40)35-24-16-39(12-11-37(24)15-23-33-22-6-4-3-5-21(22)26(34-23)36-25)44(42,43)20-8-7-18-9-10-38(14-19(18)13-20)28(41)29(30,31)32/h3-8,13,17,24-25H,9-12,14-16H2,1-2H3,(H,35,40)(H,33,34,36)/t24?,25-/m0/s1. The first-order valence-corrected chi connectivity index (χ1v) is 15.8. The van der Waals surface area contributed by atoms with Crippen LogP contribution in [0.1, 0.15) is 30.8 Å². The zero-order valence-electron chi connectivity index (χ0n) is 24.1. The molecule has 0 saturated carbocycles. The summed E-state index contributed by atoms with van der Waals surface area (Å²) in [5.41, 5.74) is 1.78. The summed E-state index contributed by atoms with van der Waals surface area (Å²) in [6.45, 7) is 3.97. The summed E-state index contributed by atoms with van der Waals surface area (Å²) in [6.07, 6.45) is -5.51. The van der Waals surface area contributed by atoms with E-state index in [-0.39, 0.29) is 62.4 Å². The molecule has 1 unspecified atom stereocenters. The lowest BCUT2D eigenvalue weighted by atomic mass is 10.00. The number of nitrogens with zero attached hydrogens (tertiary/aromatic N) is 5. The molecule has 44 heavy (non-hydrogen) atoms. The lowest BCUT2D eigenvalue weighted by molar-refractivity contribution is -0.186. The Morgan fingerprint density at radius 3 is 2.52 bits per heavy atom. The summed E-state index contributed by atoms with van der Waals surface area (Å²) in [5, 5.41) is 7.10. The van der Waals surface area contributed by atoms with E-state index in [2.05, 4.69) is 10.6 Å². The van der Waals surface area contributed by atoms with Crippen molar-refractivity contribution in [3.8, 4) is 0 Å². The predicted octanol–water partition coefficient (Wildman–Crippen LogP) is 2.48. The number of sulfonamides is 1. The fourth-order valence-electron chi connectivity index (χ4n) is 5.96. The van der Waals surface area contributed by atoms with Gasteiger partial charge in [0.05, 0.1) is 23.1 Å². The Balaban J connectivity index is 1.28. The molecule has 3 aliphatic rings. The number of carbonyl (C=O) groups excluding carboxylic acids is 2. The molecule has 0 aliphatic carbocycles. The van der Waals surface area contributed by atoms with Crippen LogP contribution in [-0.2, 0) is 39.1 Å². The minimum absolute atomic E-state index is 0.0604. The van der Waals surface area contributed by atoms with Crippen LogP contribution in [0.4, 0.5) is 19.0 Å². The quantitative estimate of drug-likeness (QED) is 0.452. The molecule has 0 radical (unpaired) electrons. The number of para-hydroxylation sites is 1. The minimum Gasteiger partial charge on any atom is -0.358 e. The molecule has 11 nitrogen and oxygen atoms in total. The first kappa shape index (κ1) is 30.2. The molecule has 4 heterocycles. The van der Waals surface area contributed by atoms with Crippen molar-refractivity contribution in [3.63, 3.8) is 0 Å². The van der Waals surface area contributed by atoms with E-state index in [4.69, 9.17) is 9.97 Å². The number of aromatic nitrogens is 2. The Kier molecular flexibility index (Phi) is 7.74. The van der Waals surface area contributed by atoms with Crippen LogP contribution in [0.3, 0.4) is 0 Å². The number of hydrogen-bond acceptors (Lipinski definition) is 8. The van der Waals surface area contributed by atoms with Gasteiger partial charge in [0.1, 0.15) is 17.7 Å². The van der Waals surface area contributed by atoms with Crippen molar-refractivity contribution in [2.45, 2.75) is 56.6 Å². The van der Waals surface area contributed by atoms with E-state index in [1.165, 1.54) is 16.4 Å². The molecule has 3 aliphatic heterocycles. The summed E-state index contributed by atoms with van der Waals surface area (Å²) < 4.78 is 68.1. The second kappa shape index (κ2) is 11.3. The predicted molar refractivity (Wildman–Crippen MR) is 155 cm³/mol. The number of piperazine rings is 1. The fraction of sp³-hybridized carbons (Fsp3) is 0.448. The fourth-order valence-corrected chi connectivity index (χ4v) is 7.45. The van der Waals surface area contributed by atoms with E-state index in [1.807, 2.05) is 43.0 Å². The smallest absolute Gasteiger partial charge is 0.358 e. The minimum atomic E-state index is -5.01. The summed E-state index contributed by atoms with van der Waals surface area (Å²) in [6, 6.07) is 11.2. The number of halogens is 3. The van der Waals surface area contributed by atoms with Gasteiger partial charge in [-0.3, -0.25) is 14.5 Å². The Labute approximate surface area is 252 Å². The highest BCUT2D eigenvalue weighted by atomic mass is 32.2. The third-order valence-electron chi connectivity index (χ3n) is 8.36. The summed E-state index contributed by atoms with van der Waals surface area (Å²) in [5.74, 6) is -1.29. The number of anilines is 1. The maximum atomic E-state index is 13.8. The van der Waals surface area contributed by atoms with Crippen LogP contribution in [0.25, 0.3) is 10.9 Å². The molecule has 2 N–H and O–H groups in total. The van der Waals surface area contributed by atoms with E-state index in [0.29, 0.717) is 27.7 Å². The number of carbonyl (C=O) groups is 2. The van der Waals surface area contributed by atoms with Crippen molar-refractivity contribution in [3.05, 3.63) is 59.4 Å². The number of nitrogens with one attached hydrogen (secondary N) is 2. The SMILES string of the molecule is CC(C)[C@@H]1Nc2nc(nc3ccccc23)CN2CCN(S(=O)(=O)c3ccc4c(c3)CN(C(=O)C(F)(F)F)CC4)CC2NC1=O. The van der Waals surface area contributed by atoms with Crippen LogP contribution >= 0.6 is 0 Å². The van der Waals surface area contributed by atoms with Gasteiger partial charge in [-0.1, -0.05) is 32.0 Å². The van der Waals surface area contributed by atoms with E-state index in [9.17, 15) is 31.2 Å². The average Bonchev–Trinajstić information content (AvgIpc) is 2.98. The van der Waals surface area contributed by atoms with Crippen molar-refractivity contribution in [2.75, 3.05) is 31.5 Å². The van der Waals surface area contributed by atoms with E-state index in [0.717, 1.165) is 10.9 Å². The van der Waals surface area contributed by atoms with Gasteiger partial charge in [0.2, 0.25) is 15.9 Å². The molecule has 1 fully saturated rings. The van der Waals surface area contributed by atoms with Crippen LogP contribution in [0, 0.1) is 5.92 Å². The molecule has 234 valence electrons. The summed E-state index contributed by atoms with van der Waals surface area (Å²) in [4.78, 5) is 37.4. The second-order valence-electron chi connectivity index (χ2n) is 11.6. The molecule has 2 atom stereocenters. The normalized spacial score (nSPS) is 21.8. The first-order chi connectivity index (χ1) is 20.8. The van der Waals surface area contributed by atoms with E-state index < -0.39 is 34.3 Å². The third-order valence-corrected chi connectivity index (χ3v) is 10.2. The van der Waals surface area contributed by atoms with Gasteiger partial charge in [-0.2, -0.15) is 17.5 Å². The molecule has 2 amide bonds. The van der Waals surface area contributed by atoms with Gasteiger partial charge >= 0.3 is 12.1 Å². The van der Waals surface area contributed by atoms with Crippen molar-refractivity contribution in [1.82, 2.24) is 29.4 Å². The van der Waals surface area contributed by atoms with E-state index in [1.54, 1.807) is 6.07 Å². The molecular weight excluding hydrogens is 599 g/mol. The Morgan fingerprint density at radius 2 is 1.77 bits per heavy atom. The summed E-state index contributed by atoms with van der Waals surface area (Å²) in [7, 11) is -4.10. The van der Waals surface area contributed by atoms with Crippen molar-refractivity contribution in [2.24, 2.45) is 5.92 Å². The molecule has 2 bridgehead atoms. The molecule has 1 aromatic heterocycles. The van der Waals surface area contributed by atoms with Gasteiger partial charge in [-0.25, -0.2) is 18.4 Å². The van der Waals surface area contributed by atoms with Crippen molar-refractivity contribution >= 4 is 38.6 Å². The Morgan fingerprint density at radius 1 is 1.00 bits per heavy atom. The van der Waals surface area contributed by atoms with Gasteiger partial charge in [-0.15, -0.1) is 0 Å². The molecule has 6 rings (SSSR count). The molecule has 15 heteroatoms. The number of fused-ring (bicyclic) bond motifs is 6. The molecular formula is C29H32F3N7O4S. The number of hydrogen-bond donors (Lipinski definition) is 2. The van der Waals surface area contributed by atoms with Crippen molar-refractivity contribution in [1.29, 1.82) is 0 Å². The average molecular weight is 632 g/mol. The largest absolute Gasteiger partial charge is 0.471 e. The second-order valence-corrected chi connectivity index (χ2v) is 13.6. The molecule has 2 aromatic carbocycles. The van der Waals surface area contributed by atoms with Crippen LogP contribution in [0.15, 0.2) is 47.4 Å². The number of benzene rings is 2. The lowest BCUT2D eigenvalue weighted by Gasteiger charge is -2.42. The van der Waals surface area contributed by atoms with Gasteiger partial charge in [0.15, 0.2) is 0 Å². The Bertz CT molecular complexity index is 1730. The van der Waals surface area contributed by atoms with Gasteiger partial charge in [0, 0.05) is 38.1 Å². The Hall–Kier alpha value is -3.82. The zero-order chi connectivity index (χ0) is 31.4. The highest BCUT2D eigenvalue weighted by molar-refractivity contribution is 7.89. The number of amides is 2. The molecule has 3 aromatic rings. The third kappa shape index (κ3) is 5.71. The van der Waals surface area contributed by atoms with Gasteiger partial charge in [-0.05, 0) is 47.7 Å². The zero-order valence-corrected chi connectivity index (χ0v) is 25.0. The van der Waals surface area contributed by atoms with Gasteiger partial charge < -0.3 is 15.5 Å². The first-order valence-electron chi connectivity index (χ1n) is 14.4. The monoisotopic (exact) mass is 631 g/mol. The number of alkyl halides is 3. The van der Waals surface area contributed by atoms with Crippen LogP contribution in [0.2, 0.25) is 0 Å².